The molecule has 0 amide bonds. The molecule has 6 atom stereocenters. The summed E-state index contributed by atoms with van der Waals surface area (Å²) in [5.74, 6) is 0. The molecule has 4 nitrogen and oxygen atoms in total. The first kappa shape index (κ1) is 12.8. The van der Waals surface area contributed by atoms with Gasteiger partial charge in [-0.25, -0.2) is 0 Å². The van der Waals surface area contributed by atoms with E-state index in [1.54, 1.807) is 14.2 Å². The van der Waals surface area contributed by atoms with Crippen LogP contribution < -0.4 is 0 Å². The van der Waals surface area contributed by atoms with E-state index >= 15 is 0 Å². The molecule has 4 bridgehead atoms. The maximum absolute atomic E-state index is 6.59. The summed E-state index contributed by atoms with van der Waals surface area (Å²) in [6.45, 7) is 1.32. The van der Waals surface area contributed by atoms with Crippen LogP contribution in [-0.4, -0.2) is 50.8 Å². The molecule has 21 heavy (non-hydrogen) atoms. The average molecular weight is 290 g/mol. The highest BCUT2D eigenvalue weighted by Crippen LogP contribution is 2.79. The van der Waals surface area contributed by atoms with Gasteiger partial charge < -0.3 is 18.9 Å². The van der Waals surface area contributed by atoms with Crippen molar-refractivity contribution in [2.24, 2.45) is 10.8 Å². The molecule has 0 radical (unpaired) electrons. The maximum atomic E-state index is 6.59. The summed E-state index contributed by atoms with van der Waals surface area (Å²) in [4.78, 5) is 0. The van der Waals surface area contributed by atoms with Crippen molar-refractivity contribution in [2.75, 3.05) is 27.4 Å². The van der Waals surface area contributed by atoms with E-state index in [4.69, 9.17) is 18.9 Å². The standard InChI is InChI=1S/C17H22O4/c1-18-10-16-12-4-8-14(20-12)6-3-7-15(9-5-13(16)21-15)17(14,16)11-19-2/h4-5,8-9,12-13H,3,6-7,10-11H2,1-2H3/t12-,13+,14+,15-,16?,17?. The maximum Gasteiger partial charge on any atom is 0.0989 e. The minimum Gasteiger partial charge on any atom is -0.384 e. The fourth-order valence-electron chi connectivity index (χ4n) is 6.38. The zero-order valence-corrected chi connectivity index (χ0v) is 12.6. The van der Waals surface area contributed by atoms with E-state index in [0.717, 1.165) is 19.3 Å². The zero-order valence-electron chi connectivity index (χ0n) is 12.6. The van der Waals surface area contributed by atoms with Gasteiger partial charge in [0.25, 0.3) is 0 Å². The molecule has 1 aliphatic carbocycles. The highest BCUT2D eigenvalue weighted by atomic mass is 16.6. The summed E-state index contributed by atoms with van der Waals surface area (Å²) in [6, 6.07) is 0. The Kier molecular flexibility index (Phi) is 2.21. The van der Waals surface area contributed by atoms with Gasteiger partial charge in [0.1, 0.15) is 0 Å². The monoisotopic (exact) mass is 290 g/mol. The molecule has 0 aromatic heterocycles. The van der Waals surface area contributed by atoms with E-state index in [-0.39, 0.29) is 34.2 Å². The summed E-state index contributed by atoms with van der Waals surface area (Å²) in [7, 11) is 3.57. The Bertz CT molecular complexity index is 517. The first-order chi connectivity index (χ1) is 10.2. The number of ether oxygens (including phenoxy) is 4. The van der Waals surface area contributed by atoms with Crippen LogP contribution in [0.25, 0.3) is 0 Å². The predicted molar refractivity (Wildman–Crippen MR) is 76.0 cm³/mol. The third kappa shape index (κ3) is 0.995. The van der Waals surface area contributed by atoms with Crippen molar-refractivity contribution >= 4 is 0 Å². The third-order valence-corrected chi connectivity index (χ3v) is 6.85. The van der Waals surface area contributed by atoms with Crippen LogP contribution in [0, 0.1) is 10.8 Å². The van der Waals surface area contributed by atoms with Crippen molar-refractivity contribution in [3.8, 4) is 0 Å². The first-order valence-electron chi connectivity index (χ1n) is 7.93. The minimum atomic E-state index is -0.246. The molecule has 5 rings (SSSR count). The lowest BCUT2D eigenvalue weighted by atomic mass is 9.43. The summed E-state index contributed by atoms with van der Waals surface area (Å²) >= 11 is 0. The van der Waals surface area contributed by atoms with Crippen molar-refractivity contribution in [3.05, 3.63) is 24.3 Å². The van der Waals surface area contributed by atoms with Gasteiger partial charge >= 0.3 is 0 Å². The number of hydrogen-bond donors (Lipinski definition) is 0. The second kappa shape index (κ2) is 3.62. The molecular weight excluding hydrogens is 268 g/mol. The van der Waals surface area contributed by atoms with Crippen molar-refractivity contribution in [3.63, 3.8) is 0 Å². The Morgan fingerprint density at radius 2 is 1.52 bits per heavy atom. The van der Waals surface area contributed by atoms with Crippen LogP contribution in [0.3, 0.4) is 0 Å². The first-order valence-corrected chi connectivity index (χ1v) is 7.93. The van der Waals surface area contributed by atoms with Crippen LogP contribution >= 0.6 is 0 Å². The van der Waals surface area contributed by atoms with Gasteiger partial charge in [-0.05, 0) is 19.3 Å². The number of rotatable bonds is 4. The second-order valence-corrected chi connectivity index (χ2v) is 7.24. The van der Waals surface area contributed by atoms with E-state index in [0.29, 0.717) is 13.2 Å². The summed E-state index contributed by atoms with van der Waals surface area (Å²) in [5.41, 5.74) is -0.801. The summed E-state index contributed by atoms with van der Waals surface area (Å²) in [6.07, 6.45) is 12.5. The molecule has 4 heterocycles. The van der Waals surface area contributed by atoms with E-state index < -0.39 is 0 Å². The molecule has 2 saturated heterocycles. The molecule has 0 aromatic rings. The van der Waals surface area contributed by atoms with Crippen LogP contribution in [-0.2, 0) is 18.9 Å². The predicted octanol–water partition coefficient (Wildman–Crippen LogP) is 1.85. The molecule has 0 N–H and O–H groups in total. The lowest BCUT2D eigenvalue weighted by Crippen LogP contribution is -2.68. The quantitative estimate of drug-likeness (QED) is 0.741. The summed E-state index contributed by atoms with van der Waals surface area (Å²) in [5, 5.41) is 0. The summed E-state index contributed by atoms with van der Waals surface area (Å²) < 4.78 is 24.6. The van der Waals surface area contributed by atoms with Crippen LogP contribution in [0.5, 0.6) is 0 Å². The largest absolute Gasteiger partial charge is 0.384 e. The van der Waals surface area contributed by atoms with E-state index in [1.165, 1.54) is 0 Å². The Labute approximate surface area is 125 Å². The Balaban J connectivity index is 1.82. The van der Waals surface area contributed by atoms with Gasteiger partial charge in [0, 0.05) is 14.2 Å². The minimum absolute atomic E-state index is 0.0718. The van der Waals surface area contributed by atoms with E-state index in [2.05, 4.69) is 24.3 Å². The van der Waals surface area contributed by atoms with E-state index in [9.17, 15) is 0 Å². The van der Waals surface area contributed by atoms with Gasteiger partial charge in [-0.1, -0.05) is 24.3 Å². The van der Waals surface area contributed by atoms with Crippen LogP contribution in [0.15, 0.2) is 24.3 Å². The topological polar surface area (TPSA) is 36.9 Å². The molecular formula is C17H22O4. The van der Waals surface area contributed by atoms with Gasteiger partial charge in [-0.15, -0.1) is 0 Å². The molecule has 4 aliphatic heterocycles. The molecule has 4 heteroatoms. The van der Waals surface area contributed by atoms with Gasteiger partial charge in [0.05, 0.1) is 47.5 Å². The Morgan fingerprint density at radius 3 is 2.05 bits per heavy atom. The van der Waals surface area contributed by atoms with Gasteiger partial charge in [0.2, 0.25) is 0 Å². The molecule has 0 aromatic carbocycles. The molecule has 2 spiro atoms. The molecule has 114 valence electrons. The van der Waals surface area contributed by atoms with Gasteiger partial charge in [-0.3, -0.25) is 0 Å². The molecule has 2 unspecified atom stereocenters. The van der Waals surface area contributed by atoms with Crippen LogP contribution in [0.4, 0.5) is 0 Å². The normalized spacial score (nSPS) is 58.2. The second-order valence-electron chi connectivity index (χ2n) is 7.24. The van der Waals surface area contributed by atoms with Crippen molar-refractivity contribution in [2.45, 2.75) is 42.7 Å². The number of methoxy groups -OCH3 is 2. The van der Waals surface area contributed by atoms with E-state index in [1.807, 2.05) is 0 Å². The number of fused-ring (bicyclic) bond motifs is 4. The average Bonchev–Trinajstić information content (AvgIpc) is 3.17. The fraction of sp³-hybridized carbons (Fsp3) is 0.765. The van der Waals surface area contributed by atoms with Crippen molar-refractivity contribution < 1.29 is 18.9 Å². The highest BCUT2D eigenvalue weighted by molar-refractivity contribution is 5.48. The number of hydrogen-bond acceptors (Lipinski definition) is 4. The fourth-order valence-corrected chi connectivity index (χ4v) is 6.38. The Morgan fingerprint density at radius 1 is 0.952 bits per heavy atom. The SMILES string of the molecule is COCC12[C@@H]3C=C[C@@]4(CCC[C@]5(C=C[C@H]1O5)C24COC)O3. The zero-order chi connectivity index (χ0) is 14.3. The Hall–Kier alpha value is -0.680. The molecule has 5 aliphatic rings. The van der Waals surface area contributed by atoms with Crippen LogP contribution in [0.2, 0.25) is 0 Å². The highest BCUT2D eigenvalue weighted by Gasteiger charge is 2.88. The molecule has 3 fully saturated rings. The van der Waals surface area contributed by atoms with Crippen molar-refractivity contribution in [1.82, 2.24) is 0 Å². The molecule has 1 saturated carbocycles. The van der Waals surface area contributed by atoms with Gasteiger partial charge in [0.15, 0.2) is 0 Å². The lowest BCUT2D eigenvalue weighted by Gasteiger charge is -2.58. The van der Waals surface area contributed by atoms with Crippen LogP contribution in [0.1, 0.15) is 19.3 Å². The smallest absolute Gasteiger partial charge is 0.0989 e. The lowest BCUT2D eigenvalue weighted by molar-refractivity contribution is -0.168. The van der Waals surface area contributed by atoms with Crippen molar-refractivity contribution in [1.29, 1.82) is 0 Å². The van der Waals surface area contributed by atoms with Gasteiger partial charge in [-0.2, -0.15) is 0 Å². The third-order valence-electron chi connectivity index (χ3n) is 6.85.